The second-order valence-electron chi connectivity index (χ2n) is 6.63. The Morgan fingerprint density at radius 3 is 2.43 bits per heavy atom. The van der Waals surface area contributed by atoms with E-state index in [1.54, 1.807) is 28.9 Å². The third-order valence-electron chi connectivity index (χ3n) is 4.67. The van der Waals surface area contributed by atoms with Gasteiger partial charge in [0.2, 0.25) is 0 Å². The van der Waals surface area contributed by atoms with Crippen molar-refractivity contribution in [3.8, 4) is 0 Å². The summed E-state index contributed by atoms with van der Waals surface area (Å²) < 4.78 is 1.70. The number of carbonyl (C=O) groups is 1. The molecule has 1 unspecified atom stereocenters. The number of amides is 1. The summed E-state index contributed by atoms with van der Waals surface area (Å²) in [6.07, 6.45) is 0.170. The lowest BCUT2D eigenvalue weighted by Gasteiger charge is -2.12. The van der Waals surface area contributed by atoms with Crippen molar-refractivity contribution in [1.29, 1.82) is 0 Å². The number of halogens is 1. The predicted molar refractivity (Wildman–Crippen MR) is 108 cm³/mol. The third kappa shape index (κ3) is 4.77. The van der Waals surface area contributed by atoms with Crippen molar-refractivity contribution in [3.05, 3.63) is 81.6 Å². The molecule has 1 aromatic heterocycles. The van der Waals surface area contributed by atoms with Crippen molar-refractivity contribution < 1.29 is 9.90 Å². The van der Waals surface area contributed by atoms with Crippen LogP contribution in [0.15, 0.2) is 48.5 Å². The van der Waals surface area contributed by atoms with Gasteiger partial charge in [-0.25, -0.2) is 4.68 Å². The first-order chi connectivity index (χ1) is 13.5. The molecule has 0 aliphatic heterocycles. The van der Waals surface area contributed by atoms with E-state index in [0.717, 1.165) is 12.0 Å². The minimum absolute atomic E-state index is 0.0746. The summed E-state index contributed by atoms with van der Waals surface area (Å²) in [5, 5.41) is 21.6. The lowest BCUT2D eigenvalue weighted by molar-refractivity contribution is 0.0910. The Morgan fingerprint density at radius 1 is 1.14 bits per heavy atom. The van der Waals surface area contributed by atoms with Crippen molar-refractivity contribution in [2.24, 2.45) is 0 Å². The number of aliphatic hydroxyl groups is 1. The first-order valence-corrected chi connectivity index (χ1v) is 9.55. The molecule has 28 heavy (non-hydrogen) atoms. The smallest absolute Gasteiger partial charge is 0.273 e. The minimum atomic E-state index is -0.825. The molecule has 0 saturated heterocycles. The fourth-order valence-electron chi connectivity index (χ4n) is 2.85. The van der Waals surface area contributed by atoms with Gasteiger partial charge in [0.15, 0.2) is 5.69 Å². The number of hydrogen-bond acceptors (Lipinski definition) is 4. The second-order valence-corrected chi connectivity index (χ2v) is 7.06. The Morgan fingerprint density at radius 2 is 1.79 bits per heavy atom. The summed E-state index contributed by atoms with van der Waals surface area (Å²) in [4.78, 5) is 12.4. The van der Waals surface area contributed by atoms with E-state index < -0.39 is 6.10 Å². The predicted octanol–water partition coefficient (Wildman–Crippen LogP) is 3.31. The standard InChI is InChI=1S/C21H23ClN4O2/c1-3-15-4-6-16(7-5-15)13-26-14(2)20(24-25-26)21(28)23-12-19(27)17-8-10-18(22)11-9-17/h4-11,19,27H,3,12-13H2,1-2H3,(H,23,28). The van der Waals surface area contributed by atoms with Gasteiger partial charge in [0.05, 0.1) is 18.3 Å². The second kappa shape index (κ2) is 8.99. The van der Waals surface area contributed by atoms with Crippen LogP contribution in [0.4, 0.5) is 0 Å². The third-order valence-corrected chi connectivity index (χ3v) is 4.92. The SMILES string of the molecule is CCc1ccc(Cn2nnc(C(=O)NCC(O)c3ccc(Cl)cc3)c2C)cc1. The highest BCUT2D eigenvalue weighted by Gasteiger charge is 2.18. The maximum absolute atomic E-state index is 12.4. The molecule has 0 aliphatic carbocycles. The van der Waals surface area contributed by atoms with E-state index in [4.69, 9.17) is 11.6 Å². The van der Waals surface area contributed by atoms with Crippen LogP contribution in [-0.2, 0) is 13.0 Å². The van der Waals surface area contributed by atoms with E-state index in [0.29, 0.717) is 22.8 Å². The molecule has 3 rings (SSSR count). The highest BCUT2D eigenvalue weighted by atomic mass is 35.5. The molecule has 146 valence electrons. The summed E-state index contributed by atoms with van der Waals surface area (Å²) in [5.41, 5.74) is 3.99. The van der Waals surface area contributed by atoms with Crippen LogP contribution in [0.2, 0.25) is 5.02 Å². The molecule has 0 saturated carbocycles. The average molecular weight is 399 g/mol. The van der Waals surface area contributed by atoms with Gasteiger partial charge in [-0.05, 0) is 42.2 Å². The maximum Gasteiger partial charge on any atom is 0.273 e. The molecule has 0 radical (unpaired) electrons. The Kier molecular flexibility index (Phi) is 6.44. The number of rotatable bonds is 7. The molecule has 0 spiro atoms. The van der Waals surface area contributed by atoms with E-state index in [9.17, 15) is 9.90 Å². The number of nitrogens with zero attached hydrogens (tertiary/aromatic N) is 3. The van der Waals surface area contributed by atoms with Gasteiger partial charge < -0.3 is 10.4 Å². The zero-order chi connectivity index (χ0) is 20.1. The Balaban J connectivity index is 1.61. The van der Waals surface area contributed by atoms with Crippen molar-refractivity contribution in [3.63, 3.8) is 0 Å². The van der Waals surface area contributed by atoms with E-state index in [2.05, 4.69) is 46.8 Å². The fourth-order valence-corrected chi connectivity index (χ4v) is 2.98. The van der Waals surface area contributed by atoms with E-state index in [1.165, 1.54) is 5.56 Å². The Bertz CT molecular complexity index is 936. The van der Waals surface area contributed by atoms with Crippen LogP contribution in [0.5, 0.6) is 0 Å². The number of carbonyl (C=O) groups excluding carboxylic acids is 1. The molecule has 7 heteroatoms. The fraction of sp³-hybridized carbons (Fsp3) is 0.286. The van der Waals surface area contributed by atoms with Gasteiger partial charge in [-0.15, -0.1) is 5.10 Å². The van der Waals surface area contributed by atoms with Gasteiger partial charge in [0.1, 0.15) is 0 Å². The van der Waals surface area contributed by atoms with E-state index in [-0.39, 0.29) is 18.1 Å². The maximum atomic E-state index is 12.4. The summed E-state index contributed by atoms with van der Waals surface area (Å²) in [6.45, 7) is 4.55. The number of aromatic nitrogens is 3. The molecule has 1 atom stereocenters. The van der Waals surface area contributed by atoms with Crippen LogP contribution < -0.4 is 5.32 Å². The largest absolute Gasteiger partial charge is 0.387 e. The van der Waals surface area contributed by atoms with Gasteiger partial charge in [0, 0.05) is 11.6 Å². The zero-order valence-corrected chi connectivity index (χ0v) is 16.6. The van der Waals surface area contributed by atoms with Gasteiger partial charge in [-0.2, -0.15) is 0 Å². The topological polar surface area (TPSA) is 80.0 Å². The molecule has 6 nitrogen and oxygen atoms in total. The van der Waals surface area contributed by atoms with Crippen LogP contribution in [-0.4, -0.2) is 32.6 Å². The highest BCUT2D eigenvalue weighted by molar-refractivity contribution is 6.30. The summed E-state index contributed by atoms with van der Waals surface area (Å²) in [7, 11) is 0. The van der Waals surface area contributed by atoms with Gasteiger partial charge in [0.25, 0.3) is 5.91 Å². The molecule has 2 aromatic carbocycles. The van der Waals surface area contributed by atoms with Crippen LogP contribution in [0.1, 0.15) is 45.9 Å². The van der Waals surface area contributed by atoms with E-state index in [1.807, 2.05) is 6.92 Å². The normalized spacial score (nSPS) is 12.0. The lowest BCUT2D eigenvalue weighted by Crippen LogP contribution is -2.29. The first-order valence-electron chi connectivity index (χ1n) is 9.17. The molecule has 3 aromatic rings. The monoisotopic (exact) mass is 398 g/mol. The summed E-state index contributed by atoms with van der Waals surface area (Å²) >= 11 is 5.85. The summed E-state index contributed by atoms with van der Waals surface area (Å²) in [5.74, 6) is -0.363. The Hall–Kier alpha value is -2.70. The molecule has 1 amide bonds. The van der Waals surface area contributed by atoms with Crippen LogP contribution in [0.3, 0.4) is 0 Å². The molecule has 1 heterocycles. The van der Waals surface area contributed by atoms with E-state index >= 15 is 0 Å². The zero-order valence-electron chi connectivity index (χ0n) is 15.9. The van der Waals surface area contributed by atoms with Crippen LogP contribution in [0.25, 0.3) is 0 Å². The first kappa shape index (κ1) is 20.0. The van der Waals surface area contributed by atoms with Crippen molar-refractivity contribution in [1.82, 2.24) is 20.3 Å². The van der Waals surface area contributed by atoms with Crippen molar-refractivity contribution in [2.75, 3.05) is 6.54 Å². The van der Waals surface area contributed by atoms with Gasteiger partial charge >= 0.3 is 0 Å². The lowest BCUT2D eigenvalue weighted by atomic mass is 10.1. The Labute approximate surface area is 169 Å². The molecule has 2 N–H and O–H groups in total. The molecular weight excluding hydrogens is 376 g/mol. The van der Waals surface area contributed by atoms with Crippen molar-refractivity contribution >= 4 is 17.5 Å². The number of benzene rings is 2. The quantitative estimate of drug-likeness (QED) is 0.639. The summed E-state index contributed by atoms with van der Waals surface area (Å²) in [6, 6.07) is 15.1. The van der Waals surface area contributed by atoms with Crippen LogP contribution in [0, 0.1) is 6.92 Å². The average Bonchev–Trinajstić information content (AvgIpc) is 3.07. The van der Waals surface area contributed by atoms with Gasteiger partial charge in [-0.1, -0.05) is 60.1 Å². The molecule has 0 bridgehead atoms. The minimum Gasteiger partial charge on any atom is -0.387 e. The van der Waals surface area contributed by atoms with Gasteiger partial charge in [-0.3, -0.25) is 4.79 Å². The molecule has 0 aliphatic rings. The molecular formula is C21H23ClN4O2. The van der Waals surface area contributed by atoms with Crippen molar-refractivity contribution in [2.45, 2.75) is 32.9 Å². The number of aliphatic hydroxyl groups excluding tert-OH is 1. The number of aryl methyl sites for hydroxylation is 1. The number of hydrogen-bond donors (Lipinski definition) is 2. The number of nitrogens with one attached hydrogen (secondary N) is 1. The highest BCUT2D eigenvalue weighted by Crippen LogP contribution is 2.16. The molecule has 0 fully saturated rings. The van der Waals surface area contributed by atoms with Crippen LogP contribution >= 0.6 is 11.6 Å².